The van der Waals surface area contributed by atoms with Crippen molar-refractivity contribution in [2.75, 3.05) is 20.2 Å². The van der Waals surface area contributed by atoms with Gasteiger partial charge < -0.3 is 18.6 Å². The third-order valence-electron chi connectivity index (χ3n) is 5.63. The Morgan fingerprint density at radius 3 is 2.61 bits per heavy atom. The number of rotatable bonds is 7. The molecule has 11 nitrogen and oxygen atoms in total. The number of aromatic nitrogens is 4. The van der Waals surface area contributed by atoms with Gasteiger partial charge in [0.1, 0.15) is 11.6 Å². The smallest absolute Gasteiger partial charge is 0.309 e. The first kappa shape index (κ1) is 22.9. The van der Waals surface area contributed by atoms with Gasteiger partial charge in [0.15, 0.2) is 11.6 Å². The normalized spacial score (nSPS) is 15.5. The number of hydrogen-bond acceptors (Lipinski definition) is 9. The number of ether oxygens (including phenoxy) is 2. The summed E-state index contributed by atoms with van der Waals surface area (Å²) in [5, 5.41) is 3.94. The summed E-state index contributed by atoms with van der Waals surface area (Å²) in [5.74, 6) is 0.888. The fourth-order valence-corrected chi connectivity index (χ4v) is 5.11. The summed E-state index contributed by atoms with van der Waals surface area (Å²) < 4.78 is 44.5. The molecule has 1 fully saturated rings. The number of imidazole rings is 1. The van der Waals surface area contributed by atoms with E-state index in [1.165, 1.54) is 10.5 Å². The van der Waals surface area contributed by atoms with Crippen molar-refractivity contribution in [1.82, 2.24) is 24.0 Å². The highest BCUT2D eigenvalue weighted by Gasteiger charge is 2.34. The summed E-state index contributed by atoms with van der Waals surface area (Å²) in [5.41, 5.74) is 0.665. The monoisotopic (exact) mass is 475 g/mol. The molecule has 0 aliphatic carbocycles. The highest BCUT2D eigenvalue weighted by atomic mass is 32.2. The summed E-state index contributed by atoms with van der Waals surface area (Å²) in [4.78, 5) is 20.9. The van der Waals surface area contributed by atoms with Gasteiger partial charge >= 0.3 is 5.97 Å². The molecule has 0 amide bonds. The van der Waals surface area contributed by atoms with Crippen LogP contribution in [0.1, 0.15) is 24.6 Å². The van der Waals surface area contributed by atoms with Gasteiger partial charge in [0.05, 0.1) is 18.6 Å². The van der Waals surface area contributed by atoms with Crippen LogP contribution >= 0.6 is 0 Å². The van der Waals surface area contributed by atoms with Crippen molar-refractivity contribution in [2.45, 2.75) is 31.4 Å². The van der Waals surface area contributed by atoms with Gasteiger partial charge in [-0.3, -0.25) is 4.79 Å². The number of methoxy groups -OCH3 is 1. The van der Waals surface area contributed by atoms with Crippen molar-refractivity contribution >= 4 is 16.0 Å². The summed E-state index contributed by atoms with van der Waals surface area (Å²) in [6, 6.07) is 7.25. The Bertz CT molecular complexity index is 1220. The van der Waals surface area contributed by atoms with Gasteiger partial charge in [-0.25, -0.2) is 13.4 Å². The molecule has 1 aromatic carbocycles. The highest BCUT2D eigenvalue weighted by molar-refractivity contribution is 7.89. The van der Waals surface area contributed by atoms with Crippen LogP contribution in [0, 0.1) is 12.8 Å². The van der Waals surface area contributed by atoms with Gasteiger partial charge in [-0.15, -0.1) is 0 Å². The van der Waals surface area contributed by atoms with E-state index >= 15 is 0 Å². The zero-order chi connectivity index (χ0) is 23.6. The molecule has 0 spiro atoms. The third-order valence-corrected chi connectivity index (χ3v) is 7.40. The zero-order valence-corrected chi connectivity index (χ0v) is 19.4. The number of para-hydroxylation sites is 1. The molecule has 3 aromatic rings. The minimum atomic E-state index is -3.69. The van der Waals surface area contributed by atoms with Crippen molar-refractivity contribution in [3.05, 3.63) is 42.2 Å². The number of nitrogens with zero attached hydrogens (tertiary/aromatic N) is 5. The molecular formula is C21H25N5O6S. The fraction of sp³-hybridized carbons (Fsp3) is 0.429. The number of sulfonamides is 1. The Hall–Kier alpha value is -3.25. The lowest BCUT2D eigenvalue weighted by Gasteiger charge is -2.29. The van der Waals surface area contributed by atoms with E-state index in [4.69, 9.17) is 14.0 Å². The van der Waals surface area contributed by atoms with Crippen LogP contribution in [0.2, 0.25) is 0 Å². The maximum atomic E-state index is 12.8. The molecule has 176 valence electrons. The molecule has 2 aromatic heterocycles. The molecule has 0 saturated carbocycles. The van der Waals surface area contributed by atoms with Gasteiger partial charge in [0, 0.05) is 26.3 Å². The number of aryl methyl sites for hydroxylation is 2. The minimum Gasteiger partial charge on any atom is -0.496 e. The standard InChI is InChI=1S/C21H25N5O6S/c1-14-22-19(12-25(14)2)33(28,29)26-10-8-15(9-11-26)21(27)31-13-18-23-20(24-32-18)16-6-4-5-7-17(16)30-3/h4-7,12,15H,8-11,13H2,1-3H3. The molecule has 1 aliphatic heterocycles. The number of hydrogen-bond donors (Lipinski definition) is 0. The third kappa shape index (κ3) is 4.76. The molecule has 1 saturated heterocycles. The van der Waals surface area contributed by atoms with Crippen molar-refractivity contribution in [3.8, 4) is 17.1 Å². The Kier molecular flexibility index (Phi) is 6.47. The van der Waals surface area contributed by atoms with E-state index in [0.717, 1.165) is 0 Å². The zero-order valence-electron chi connectivity index (χ0n) is 18.6. The summed E-state index contributed by atoms with van der Waals surface area (Å²) in [6.45, 7) is 2.02. The molecular weight excluding hydrogens is 450 g/mol. The minimum absolute atomic E-state index is 0.0192. The summed E-state index contributed by atoms with van der Waals surface area (Å²) in [6.07, 6.45) is 2.22. The van der Waals surface area contributed by atoms with E-state index in [9.17, 15) is 13.2 Å². The van der Waals surface area contributed by atoms with Crippen LogP contribution in [0.5, 0.6) is 5.75 Å². The SMILES string of the molecule is COc1ccccc1-c1noc(COC(=O)C2CCN(S(=O)(=O)c3cn(C)c(C)n3)CC2)n1. The number of piperidine rings is 1. The Balaban J connectivity index is 1.32. The first-order valence-corrected chi connectivity index (χ1v) is 11.9. The summed E-state index contributed by atoms with van der Waals surface area (Å²) in [7, 11) is -0.398. The van der Waals surface area contributed by atoms with Crippen molar-refractivity contribution in [2.24, 2.45) is 13.0 Å². The second-order valence-electron chi connectivity index (χ2n) is 7.74. The van der Waals surface area contributed by atoms with Crippen LogP contribution < -0.4 is 4.74 Å². The average Bonchev–Trinajstić information content (AvgIpc) is 3.44. The molecule has 33 heavy (non-hydrogen) atoms. The van der Waals surface area contributed by atoms with Crippen LogP contribution in [-0.4, -0.2) is 58.6 Å². The second kappa shape index (κ2) is 9.32. The van der Waals surface area contributed by atoms with Gasteiger partial charge in [-0.05, 0) is 31.9 Å². The van der Waals surface area contributed by atoms with E-state index in [1.54, 1.807) is 37.8 Å². The lowest BCUT2D eigenvalue weighted by molar-refractivity contribution is -0.152. The summed E-state index contributed by atoms with van der Waals surface area (Å²) >= 11 is 0. The largest absolute Gasteiger partial charge is 0.496 e. The number of carbonyl (C=O) groups excluding carboxylic acids is 1. The molecule has 0 unspecified atom stereocenters. The Morgan fingerprint density at radius 2 is 1.94 bits per heavy atom. The molecule has 0 radical (unpaired) electrons. The molecule has 12 heteroatoms. The predicted molar refractivity (Wildman–Crippen MR) is 116 cm³/mol. The van der Waals surface area contributed by atoms with E-state index in [-0.39, 0.29) is 30.6 Å². The fourth-order valence-electron chi connectivity index (χ4n) is 3.62. The second-order valence-corrected chi connectivity index (χ2v) is 9.62. The van der Waals surface area contributed by atoms with Gasteiger partial charge in [-0.1, -0.05) is 17.3 Å². The highest BCUT2D eigenvalue weighted by Crippen LogP contribution is 2.28. The van der Waals surface area contributed by atoms with Crippen molar-refractivity contribution in [3.63, 3.8) is 0 Å². The van der Waals surface area contributed by atoms with Crippen LogP contribution in [0.4, 0.5) is 0 Å². The molecule has 0 atom stereocenters. The van der Waals surface area contributed by atoms with Gasteiger partial charge in [0.2, 0.25) is 5.82 Å². The van der Waals surface area contributed by atoms with E-state index < -0.39 is 21.9 Å². The molecule has 0 bridgehead atoms. The number of carbonyl (C=O) groups is 1. The molecule has 4 rings (SSSR count). The number of benzene rings is 1. The van der Waals surface area contributed by atoms with Crippen LogP contribution in [-0.2, 0) is 33.2 Å². The molecule has 0 N–H and O–H groups in total. The first-order chi connectivity index (χ1) is 15.8. The Labute approximate surface area is 191 Å². The quantitative estimate of drug-likeness (QED) is 0.471. The molecule has 1 aliphatic rings. The van der Waals surface area contributed by atoms with E-state index in [0.29, 0.717) is 35.8 Å². The lowest BCUT2D eigenvalue weighted by atomic mass is 9.98. The topological polar surface area (TPSA) is 130 Å². The van der Waals surface area contributed by atoms with E-state index in [2.05, 4.69) is 15.1 Å². The van der Waals surface area contributed by atoms with Gasteiger partial charge in [0.25, 0.3) is 15.9 Å². The van der Waals surface area contributed by atoms with Crippen LogP contribution in [0.3, 0.4) is 0 Å². The van der Waals surface area contributed by atoms with Crippen molar-refractivity contribution < 1.29 is 27.2 Å². The maximum Gasteiger partial charge on any atom is 0.309 e. The first-order valence-electron chi connectivity index (χ1n) is 10.4. The lowest BCUT2D eigenvalue weighted by Crippen LogP contribution is -2.40. The number of esters is 1. The van der Waals surface area contributed by atoms with Crippen LogP contribution in [0.25, 0.3) is 11.4 Å². The predicted octanol–water partition coefficient (Wildman–Crippen LogP) is 1.93. The Morgan fingerprint density at radius 1 is 1.21 bits per heavy atom. The van der Waals surface area contributed by atoms with E-state index in [1.807, 2.05) is 12.1 Å². The van der Waals surface area contributed by atoms with Gasteiger partial charge in [-0.2, -0.15) is 9.29 Å². The molecule has 3 heterocycles. The maximum absolute atomic E-state index is 12.8. The van der Waals surface area contributed by atoms with Crippen LogP contribution in [0.15, 0.2) is 40.0 Å². The average molecular weight is 476 g/mol. The van der Waals surface area contributed by atoms with Crippen molar-refractivity contribution in [1.29, 1.82) is 0 Å².